The Morgan fingerprint density at radius 2 is 1.89 bits per heavy atom. The summed E-state index contributed by atoms with van der Waals surface area (Å²) in [6.45, 7) is 0. The number of anilines is 1. The molecule has 0 saturated heterocycles. The minimum atomic E-state index is 0.710. The summed E-state index contributed by atoms with van der Waals surface area (Å²) in [5.41, 5.74) is 5.07. The lowest BCUT2D eigenvalue weighted by atomic mass is 10.2. The third-order valence-corrected chi connectivity index (χ3v) is 4.04. The number of fused-ring (bicyclic) bond motifs is 1. The largest absolute Gasteiger partial charge is 0.275 e. The Morgan fingerprint density at radius 3 is 2.74 bits per heavy atom. The second-order valence-corrected chi connectivity index (χ2v) is 5.84. The van der Waals surface area contributed by atoms with Crippen molar-refractivity contribution in [1.82, 2.24) is 0 Å². The maximum atomic E-state index is 4.39. The Hall–Kier alpha value is -1.59. The van der Waals surface area contributed by atoms with E-state index in [4.69, 9.17) is 0 Å². The molecule has 0 bridgehead atoms. The Kier molecular flexibility index (Phi) is 3.66. The lowest BCUT2D eigenvalue weighted by Crippen LogP contribution is -2.03. The molecule has 5 heteroatoms. The summed E-state index contributed by atoms with van der Waals surface area (Å²) in [5.74, 6) is 0. The molecule has 0 aliphatic carbocycles. The predicted molar refractivity (Wildman–Crippen MR) is 85.1 cm³/mol. The normalized spacial score (nSPS) is 13.8. The highest BCUT2D eigenvalue weighted by atomic mass is 79.9. The van der Waals surface area contributed by atoms with Gasteiger partial charge in [0.05, 0.1) is 5.69 Å². The summed E-state index contributed by atoms with van der Waals surface area (Å²) in [7, 11) is 0. The number of halogens is 1. The minimum Gasteiger partial charge on any atom is -0.275 e. The molecule has 0 unspecified atom stereocenters. The van der Waals surface area contributed by atoms with Crippen LogP contribution in [0, 0.1) is 0 Å². The van der Waals surface area contributed by atoms with Crippen LogP contribution in [0.3, 0.4) is 0 Å². The SMILES string of the molecule is Brc1ccc(/C=N/C2=NNc3ccccc3S2)cc1. The molecule has 0 amide bonds. The fraction of sp³-hybridized carbons (Fsp3) is 0. The molecule has 0 aromatic heterocycles. The van der Waals surface area contributed by atoms with Crippen molar-refractivity contribution in [3.05, 3.63) is 58.6 Å². The van der Waals surface area contributed by atoms with Crippen molar-refractivity contribution < 1.29 is 0 Å². The first-order valence-corrected chi connectivity index (χ1v) is 7.32. The number of nitrogens with zero attached hydrogens (tertiary/aromatic N) is 2. The van der Waals surface area contributed by atoms with Gasteiger partial charge in [-0.05, 0) is 41.6 Å². The molecule has 0 fully saturated rings. The number of hydrogen-bond donors (Lipinski definition) is 1. The van der Waals surface area contributed by atoms with Crippen molar-refractivity contribution in [3.63, 3.8) is 0 Å². The Balaban J connectivity index is 1.75. The molecular formula is C14H10BrN3S. The smallest absolute Gasteiger partial charge is 0.211 e. The van der Waals surface area contributed by atoms with Gasteiger partial charge in [0.1, 0.15) is 0 Å². The predicted octanol–water partition coefficient (Wildman–Crippen LogP) is 4.36. The van der Waals surface area contributed by atoms with Crippen molar-refractivity contribution >= 4 is 44.8 Å². The summed E-state index contributed by atoms with van der Waals surface area (Å²) in [4.78, 5) is 5.53. The Bertz CT molecular complexity index is 650. The van der Waals surface area contributed by atoms with E-state index in [1.165, 1.54) is 0 Å². The zero-order valence-corrected chi connectivity index (χ0v) is 12.3. The molecule has 1 heterocycles. The molecule has 0 atom stereocenters. The first-order chi connectivity index (χ1) is 9.31. The van der Waals surface area contributed by atoms with E-state index >= 15 is 0 Å². The van der Waals surface area contributed by atoms with Crippen molar-refractivity contribution in [2.45, 2.75) is 4.90 Å². The lowest BCUT2D eigenvalue weighted by Gasteiger charge is -2.13. The van der Waals surface area contributed by atoms with E-state index in [1.54, 1.807) is 11.8 Å². The van der Waals surface area contributed by atoms with E-state index in [9.17, 15) is 0 Å². The maximum Gasteiger partial charge on any atom is 0.211 e. The summed E-state index contributed by atoms with van der Waals surface area (Å²) in [6.07, 6.45) is 1.81. The van der Waals surface area contributed by atoms with Crippen LogP contribution in [0.25, 0.3) is 0 Å². The topological polar surface area (TPSA) is 36.8 Å². The lowest BCUT2D eigenvalue weighted by molar-refractivity contribution is 1.27. The molecule has 3 nitrogen and oxygen atoms in total. The zero-order valence-electron chi connectivity index (χ0n) is 9.88. The third kappa shape index (κ3) is 3.05. The molecule has 19 heavy (non-hydrogen) atoms. The minimum absolute atomic E-state index is 0.710. The molecule has 1 aliphatic rings. The molecule has 1 N–H and O–H groups in total. The molecule has 0 spiro atoms. The van der Waals surface area contributed by atoms with E-state index < -0.39 is 0 Å². The average molecular weight is 332 g/mol. The molecule has 2 aromatic rings. The summed E-state index contributed by atoms with van der Waals surface area (Å²) in [6, 6.07) is 16.0. The number of amidine groups is 1. The number of hydrazone groups is 1. The number of aliphatic imine (C=N–C) groups is 1. The van der Waals surface area contributed by atoms with Crippen LogP contribution in [0.15, 0.2) is 68.0 Å². The first kappa shape index (κ1) is 12.4. The monoisotopic (exact) mass is 331 g/mol. The summed E-state index contributed by atoms with van der Waals surface area (Å²) < 4.78 is 1.06. The van der Waals surface area contributed by atoms with Crippen LogP contribution in [0.5, 0.6) is 0 Å². The van der Waals surface area contributed by atoms with Gasteiger partial charge in [-0.2, -0.15) is 0 Å². The molecule has 3 rings (SSSR count). The van der Waals surface area contributed by atoms with Gasteiger partial charge in [-0.15, -0.1) is 5.10 Å². The molecule has 1 aliphatic heterocycles. The van der Waals surface area contributed by atoms with E-state index in [0.717, 1.165) is 20.6 Å². The number of thioether (sulfide) groups is 1. The van der Waals surface area contributed by atoms with Crippen LogP contribution in [0.4, 0.5) is 5.69 Å². The standard InChI is InChI=1S/C14H10BrN3S/c15-11-7-5-10(6-8-11)9-16-14-18-17-12-3-1-2-4-13(12)19-14/h1-9,17H/b16-9+. The van der Waals surface area contributed by atoms with Gasteiger partial charge in [0.15, 0.2) is 0 Å². The number of rotatable bonds is 1. The summed E-state index contributed by atoms with van der Waals surface area (Å²) >= 11 is 4.97. The number of benzene rings is 2. The van der Waals surface area contributed by atoms with E-state index in [-0.39, 0.29) is 0 Å². The van der Waals surface area contributed by atoms with Crippen molar-refractivity contribution in [1.29, 1.82) is 0 Å². The van der Waals surface area contributed by atoms with Gasteiger partial charge >= 0.3 is 0 Å². The number of nitrogens with one attached hydrogen (secondary N) is 1. The fourth-order valence-corrected chi connectivity index (χ4v) is 2.64. The summed E-state index contributed by atoms with van der Waals surface area (Å²) in [5, 5.41) is 4.94. The van der Waals surface area contributed by atoms with Gasteiger partial charge in [-0.25, -0.2) is 4.99 Å². The van der Waals surface area contributed by atoms with Gasteiger partial charge in [0.2, 0.25) is 5.17 Å². The Labute approximate surface area is 124 Å². The first-order valence-electron chi connectivity index (χ1n) is 5.71. The maximum absolute atomic E-state index is 4.39. The van der Waals surface area contributed by atoms with E-state index in [2.05, 4.69) is 37.5 Å². The van der Waals surface area contributed by atoms with Crippen molar-refractivity contribution in [3.8, 4) is 0 Å². The Morgan fingerprint density at radius 1 is 1.11 bits per heavy atom. The van der Waals surface area contributed by atoms with Crippen LogP contribution in [0.2, 0.25) is 0 Å². The van der Waals surface area contributed by atoms with Crippen LogP contribution >= 0.6 is 27.7 Å². The average Bonchev–Trinajstić information content (AvgIpc) is 2.46. The number of para-hydroxylation sites is 1. The van der Waals surface area contributed by atoms with Crippen molar-refractivity contribution in [2.75, 3.05) is 5.43 Å². The van der Waals surface area contributed by atoms with Crippen LogP contribution in [-0.4, -0.2) is 11.4 Å². The van der Waals surface area contributed by atoms with Gasteiger partial charge in [0, 0.05) is 15.6 Å². The highest BCUT2D eigenvalue weighted by molar-refractivity contribution is 9.10. The third-order valence-electron chi connectivity index (χ3n) is 2.55. The quantitative estimate of drug-likeness (QED) is 0.788. The van der Waals surface area contributed by atoms with Crippen molar-refractivity contribution in [2.24, 2.45) is 10.1 Å². The zero-order chi connectivity index (χ0) is 13.1. The highest BCUT2D eigenvalue weighted by Gasteiger charge is 2.10. The molecular weight excluding hydrogens is 322 g/mol. The number of hydrogen-bond acceptors (Lipinski definition) is 4. The van der Waals surface area contributed by atoms with Gasteiger partial charge in [0.25, 0.3) is 0 Å². The second-order valence-electron chi connectivity index (χ2n) is 3.91. The van der Waals surface area contributed by atoms with E-state index in [0.29, 0.717) is 5.17 Å². The van der Waals surface area contributed by atoms with Gasteiger partial charge < -0.3 is 0 Å². The van der Waals surface area contributed by atoms with E-state index in [1.807, 2.05) is 48.7 Å². The second kappa shape index (κ2) is 5.59. The van der Waals surface area contributed by atoms with Gasteiger partial charge in [-0.1, -0.05) is 40.2 Å². The van der Waals surface area contributed by atoms with Crippen LogP contribution in [-0.2, 0) is 0 Å². The fourth-order valence-electron chi connectivity index (χ4n) is 1.61. The van der Waals surface area contributed by atoms with Crippen LogP contribution < -0.4 is 5.43 Å². The highest BCUT2D eigenvalue weighted by Crippen LogP contribution is 2.31. The molecule has 94 valence electrons. The van der Waals surface area contributed by atoms with Gasteiger partial charge in [-0.3, -0.25) is 5.43 Å². The van der Waals surface area contributed by atoms with Crippen LogP contribution in [0.1, 0.15) is 5.56 Å². The molecule has 0 saturated carbocycles. The molecule has 2 aromatic carbocycles. The molecule has 0 radical (unpaired) electrons.